The Labute approximate surface area is 93.5 Å². The van der Waals surface area contributed by atoms with Crippen molar-refractivity contribution >= 4 is 21.8 Å². The van der Waals surface area contributed by atoms with E-state index in [1.807, 2.05) is 12.1 Å². The molecule has 6 N–H and O–H groups in total. The van der Waals surface area contributed by atoms with Crippen molar-refractivity contribution in [3.05, 3.63) is 48.8 Å². The van der Waals surface area contributed by atoms with Crippen molar-refractivity contribution in [2.75, 3.05) is 0 Å². The van der Waals surface area contributed by atoms with Gasteiger partial charge < -0.3 is 12.3 Å². The summed E-state index contributed by atoms with van der Waals surface area (Å²) in [5.41, 5.74) is 1.95. The molecule has 2 aromatic heterocycles. The standard InChI is InChI=1S/C12H8N2.2H3N/c1-3-9-5-6-10-4-2-8-14-12(10)11(9)13-7-1;;/h1-8H;2*1H3. The first-order valence-corrected chi connectivity index (χ1v) is 4.53. The van der Waals surface area contributed by atoms with E-state index in [2.05, 4.69) is 34.2 Å². The molecule has 16 heavy (non-hydrogen) atoms. The van der Waals surface area contributed by atoms with Crippen molar-refractivity contribution < 1.29 is 0 Å². The zero-order valence-corrected chi connectivity index (χ0v) is 8.93. The molecule has 0 radical (unpaired) electrons. The van der Waals surface area contributed by atoms with Gasteiger partial charge in [-0.25, -0.2) is 0 Å². The van der Waals surface area contributed by atoms with Crippen molar-refractivity contribution in [1.82, 2.24) is 22.3 Å². The van der Waals surface area contributed by atoms with Gasteiger partial charge in [0, 0.05) is 23.2 Å². The molecule has 3 aromatic rings. The van der Waals surface area contributed by atoms with Crippen molar-refractivity contribution in [2.24, 2.45) is 0 Å². The predicted octanol–water partition coefficient (Wildman–Crippen LogP) is 3.11. The minimum absolute atomic E-state index is 0. The van der Waals surface area contributed by atoms with Crippen LogP contribution in [0.15, 0.2) is 48.8 Å². The maximum absolute atomic E-state index is 4.35. The highest BCUT2D eigenvalue weighted by atomic mass is 14.7. The molecule has 4 nitrogen and oxygen atoms in total. The quantitative estimate of drug-likeness (QED) is 0.562. The lowest BCUT2D eigenvalue weighted by Gasteiger charge is -2.00. The van der Waals surface area contributed by atoms with E-state index in [0.717, 1.165) is 21.8 Å². The number of pyridine rings is 2. The van der Waals surface area contributed by atoms with Gasteiger partial charge in [-0.1, -0.05) is 24.3 Å². The molecule has 0 saturated carbocycles. The Hall–Kier alpha value is -2.04. The molecular formula is C12H14N4. The van der Waals surface area contributed by atoms with Crippen LogP contribution >= 0.6 is 0 Å². The molecule has 0 aliphatic carbocycles. The zero-order chi connectivity index (χ0) is 9.38. The van der Waals surface area contributed by atoms with E-state index in [1.54, 1.807) is 12.4 Å². The molecule has 0 fully saturated rings. The van der Waals surface area contributed by atoms with E-state index in [4.69, 9.17) is 0 Å². The van der Waals surface area contributed by atoms with Crippen LogP contribution in [0.5, 0.6) is 0 Å². The van der Waals surface area contributed by atoms with Gasteiger partial charge in [-0.3, -0.25) is 9.97 Å². The average Bonchev–Trinajstić information content (AvgIpc) is 2.29. The lowest BCUT2D eigenvalue weighted by Crippen LogP contribution is -1.83. The molecule has 0 bridgehead atoms. The molecule has 2 heterocycles. The van der Waals surface area contributed by atoms with E-state index in [-0.39, 0.29) is 12.3 Å². The van der Waals surface area contributed by atoms with Crippen molar-refractivity contribution in [2.45, 2.75) is 0 Å². The highest BCUT2D eigenvalue weighted by molar-refractivity contribution is 6.02. The van der Waals surface area contributed by atoms with Crippen LogP contribution in [0.4, 0.5) is 0 Å². The molecule has 0 aliphatic rings. The predicted molar refractivity (Wildman–Crippen MR) is 67.1 cm³/mol. The summed E-state index contributed by atoms with van der Waals surface area (Å²) in [4.78, 5) is 8.69. The molecule has 82 valence electrons. The summed E-state index contributed by atoms with van der Waals surface area (Å²) >= 11 is 0. The van der Waals surface area contributed by atoms with Gasteiger partial charge in [-0.15, -0.1) is 0 Å². The van der Waals surface area contributed by atoms with Gasteiger partial charge >= 0.3 is 0 Å². The maximum Gasteiger partial charge on any atom is 0.0964 e. The second-order valence-electron chi connectivity index (χ2n) is 3.22. The number of hydrogen-bond acceptors (Lipinski definition) is 4. The number of hydrogen-bond donors (Lipinski definition) is 2. The Morgan fingerprint density at radius 3 is 1.50 bits per heavy atom. The van der Waals surface area contributed by atoms with Crippen LogP contribution < -0.4 is 12.3 Å². The van der Waals surface area contributed by atoms with Crippen molar-refractivity contribution in [3.8, 4) is 0 Å². The van der Waals surface area contributed by atoms with Crippen LogP contribution in [0.3, 0.4) is 0 Å². The van der Waals surface area contributed by atoms with Gasteiger partial charge in [0.2, 0.25) is 0 Å². The average molecular weight is 214 g/mol. The Morgan fingerprint density at radius 2 is 1.06 bits per heavy atom. The smallest absolute Gasteiger partial charge is 0.0964 e. The largest absolute Gasteiger partial charge is 0.344 e. The highest BCUT2D eigenvalue weighted by Gasteiger charge is 2.00. The molecule has 0 atom stereocenters. The van der Waals surface area contributed by atoms with Gasteiger partial charge in [0.05, 0.1) is 11.0 Å². The van der Waals surface area contributed by atoms with Gasteiger partial charge in [0.25, 0.3) is 0 Å². The summed E-state index contributed by atoms with van der Waals surface area (Å²) in [6.45, 7) is 0. The lowest BCUT2D eigenvalue weighted by molar-refractivity contribution is 1.37. The summed E-state index contributed by atoms with van der Waals surface area (Å²) in [7, 11) is 0. The summed E-state index contributed by atoms with van der Waals surface area (Å²) in [5.74, 6) is 0. The molecule has 0 unspecified atom stereocenters. The number of aromatic nitrogens is 2. The van der Waals surface area contributed by atoms with Crippen LogP contribution in [0.25, 0.3) is 21.8 Å². The highest BCUT2D eigenvalue weighted by Crippen LogP contribution is 2.20. The van der Waals surface area contributed by atoms with E-state index in [1.165, 1.54) is 0 Å². The van der Waals surface area contributed by atoms with Gasteiger partial charge in [-0.05, 0) is 12.1 Å². The van der Waals surface area contributed by atoms with E-state index in [0.29, 0.717) is 0 Å². The van der Waals surface area contributed by atoms with Crippen molar-refractivity contribution in [1.29, 1.82) is 0 Å². The van der Waals surface area contributed by atoms with Crippen LogP contribution in [0.1, 0.15) is 0 Å². The monoisotopic (exact) mass is 214 g/mol. The number of nitrogens with zero attached hydrogens (tertiary/aromatic N) is 2. The fourth-order valence-corrected chi connectivity index (χ4v) is 1.68. The summed E-state index contributed by atoms with van der Waals surface area (Å²) in [6, 6.07) is 12.1. The molecular weight excluding hydrogens is 200 g/mol. The molecule has 0 spiro atoms. The van der Waals surface area contributed by atoms with E-state index < -0.39 is 0 Å². The summed E-state index contributed by atoms with van der Waals surface area (Å²) < 4.78 is 0. The number of rotatable bonds is 0. The Kier molecular flexibility index (Phi) is 3.50. The second kappa shape index (κ2) is 4.65. The summed E-state index contributed by atoms with van der Waals surface area (Å²) in [6.07, 6.45) is 3.60. The lowest BCUT2D eigenvalue weighted by atomic mass is 10.1. The SMILES string of the molecule is N.N.c1cnc2c(c1)ccc1cccnc12. The van der Waals surface area contributed by atoms with E-state index in [9.17, 15) is 0 Å². The third-order valence-electron chi connectivity index (χ3n) is 2.34. The van der Waals surface area contributed by atoms with Crippen LogP contribution in [0.2, 0.25) is 0 Å². The molecule has 1 aromatic carbocycles. The van der Waals surface area contributed by atoms with Gasteiger partial charge in [0.1, 0.15) is 0 Å². The maximum atomic E-state index is 4.35. The first-order valence-electron chi connectivity index (χ1n) is 4.53. The van der Waals surface area contributed by atoms with Crippen molar-refractivity contribution in [3.63, 3.8) is 0 Å². The van der Waals surface area contributed by atoms with Crippen LogP contribution in [0, 0.1) is 0 Å². The molecule has 3 rings (SSSR count). The third kappa shape index (κ3) is 1.71. The fraction of sp³-hybridized carbons (Fsp3) is 0. The Morgan fingerprint density at radius 1 is 0.625 bits per heavy atom. The minimum atomic E-state index is 0. The molecule has 4 heteroatoms. The Bertz CT molecular complexity index is 552. The zero-order valence-electron chi connectivity index (χ0n) is 8.93. The molecule has 0 saturated heterocycles. The summed E-state index contributed by atoms with van der Waals surface area (Å²) in [5, 5.41) is 2.28. The molecule has 0 amide bonds. The van der Waals surface area contributed by atoms with Crippen LogP contribution in [-0.2, 0) is 0 Å². The topological polar surface area (TPSA) is 95.8 Å². The van der Waals surface area contributed by atoms with Gasteiger partial charge in [0.15, 0.2) is 0 Å². The Balaban J connectivity index is 0.000000640. The normalized spacial score (nSPS) is 9.50. The second-order valence-corrected chi connectivity index (χ2v) is 3.22. The fourth-order valence-electron chi connectivity index (χ4n) is 1.68. The van der Waals surface area contributed by atoms with E-state index >= 15 is 0 Å². The number of fused-ring (bicyclic) bond motifs is 3. The first kappa shape index (κ1) is 12.0. The minimum Gasteiger partial charge on any atom is -0.344 e. The first-order chi connectivity index (χ1) is 6.95. The van der Waals surface area contributed by atoms with Gasteiger partial charge in [-0.2, -0.15) is 0 Å². The van der Waals surface area contributed by atoms with Crippen LogP contribution in [-0.4, -0.2) is 9.97 Å². The third-order valence-corrected chi connectivity index (χ3v) is 2.34. The number of benzene rings is 1. The molecule has 0 aliphatic heterocycles.